The molecule has 2 heterocycles. The third-order valence-corrected chi connectivity index (χ3v) is 5.23. The summed E-state index contributed by atoms with van der Waals surface area (Å²) in [6.45, 7) is 0. The standard InChI is InChI=1S/C23H18N2O2/c1-24-18-13-7-6-11-16(18)22-20(15-9-4-3-5-10-15)17-12-8-14-19(27-2)21(17)25(22)23(24)26/h3-14H,1-2H3. The highest BCUT2D eigenvalue weighted by Crippen LogP contribution is 2.40. The summed E-state index contributed by atoms with van der Waals surface area (Å²) in [6.07, 6.45) is 0. The highest BCUT2D eigenvalue weighted by molar-refractivity contribution is 6.14. The molecule has 0 aliphatic carbocycles. The zero-order valence-corrected chi connectivity index (χ0v) is 15.1. The minimum Gasteiger partial charge on any atom is -0.495 e. The van der Waals surface area contributed by atoms with E-state index in [2.05, 4.69) is 24.3 Å². The number of hydrogen-bond donors (Lipinski definition) is 0. The van der Waals surface area contributed by atoms with E-state index in [1.807, 2.05) is 55.6 Å². The van der Waals surface area contributed by atoms with Gasteiger partial charge in [-0.3, -0.25) is 8.97 Å². The molecule has 132 valence electrons. The van der Waals surface area contributed by atoms with Gasteiger partial charge in [-0.15, -0.1) is 0 Å². The number of rotatable bonds is 2. The van der Waals surface area contributed by atoms with Gasteiger partial charge in [0, 0.05) is 23.4 Å². The highest BCUT2D eigenvalue weighted by Gasteiger charge is 2.21. The fraction of sp³-hybridized carbons (Fsp3) is 0.0870. The summed E-state index contributed by atoms with van der Waals surface area (Å²) in [6, 6.07) is 24.2. The Morgan fingerprint density at radius 3 is 2.26 bits per heavy atom. The van der Waals surface area contributed by atoms with Crippen molar-refractivity contribution in [3.05, 3.63) is 83.3 Å². The van der Waals surface area contributed by atoms with Crippen LogP contribution in [0.2, 0.25) is 0 Å². The summed E-state index contributed by atoms with van der Waals surface area (Å²) in [5, 5.41) is 2.05. The predicted octanol–water partition coefficient (Wildman–Crippen LogP) is 4.62. The Morgan fingerprint density at radius 2 is 1.48 bits per heavy atom. The molecule has 0 radical (unpaired) electrons. The minimum atomic E-state index is -0.0830. The van der Waals surface area contributed by atoms with Crippen molar-refractivity contribution in [3.8, 4) is 16.9 Å². The number of hydrogen-bond acceptors (Lipinski definition) is 2. The van der Waals surface area contributed by atoms with Crippen LogP contribution in [0.15, 0.2) is 77.6 Å². The van der Waals surface area contributed by atoms with Gasteiger partial charge in [-0.05, 0) is 17.7 Å². The van der Waals surface area contributed by atoms with Gasteiger partial charge in [0.15, 0.2) is 0 Å². The summed E-state index contributed by atoms with van der Waals surface area (Å²) >= 11 is 0. The number of fused-ring (bicyclic) bond motifs is 5. The topological polar surface area (TPSA) is 35.6 Å². The molecule has 0 aliphatic rings. The van der Waals surface area contributed by atoms with Crippen LogP contribution in [0.3, 0.4) is 0 Å². The maximum atomic E-state index is 13.3. The van der Waals surface area contributed by atoms with Crippen LogP contribution in [0.25, 0.3) is 38.4 Å². The predicted molar refractivity (Wildman–Crippen MR) is 110 cm³/mol. The molecule has 27 heavy (non-hydrogen) atoms. The molecular formula is C23H18N2O2. The van der Waals surface area contributed by atoms with E-state index in [1.165, 1.54) is 0 Å². The van der Waals surface area contributed by atoms with Gasteiger partial charge < -0.3 is 4.74 Å². The molecule has 2 aromatic heterocycles. The molecule has 0 saturated heterocycles. The molecule has 0 spiro atoms. The SMILES string of the molecule is COc1cccc2c(-c3ccccc3)c3c4ccccc4n(C)c(=O)n3c12. The Kier molecular flexibility index (Phi) is 3.34. The first-order valence-electron chi connectivity index (χ1n) is 8.86. The van der Waals surface area contributed by atoms with Gasteiger partial charge in [0.25, 0.3) is 0 Å². The third kappa shape index (κ3) is 2.07. The maximum absolute atomic E-state index is 13.3. The molecule has 0 bridgehead atoms. The Bertz CT molecular complexity index is 1380. The highest BCUT2D eigenvalue weighted by atomic mass is 16.5. The summed E-state index contributed by atoms with van der Waals surface area (Å²) < 4.78 is 9.11. The number of nitrogens with zero attached hydrogens (tertiary/aromatic N) is 2. The van der Waals surface area contributed by atoms with Crippen LogP contribution in [0, 0.1) is 0 Å². The second-order valence-electron chi connectivity index (χ2n) is 6.64. The molecule has 4 heteroatoms. The van der Waals surface area contributed by atoms with Gasteiger partial charge in [0.05, 0.1) is 18.1 Å². The van der Waals surface area contributed by atoms with E-state index in [4.69, 9.17) is 4.74 Å². The van der Waals surface area contributed by atoms with Crippen molar-refractivity contribution in [3.63, 3.8) is 0 Å². The molecule has 3 aromatic carbocycles. The fourth-order valence-electron chi connectivity index (χ4n) is 4.03. The van der Waals surface area contributed by atoms with Crippen LogP contribution in [-0.2, 0) is 7.05 Å². The molecule has 0 aliphatic heterocycles. The Morgan fingerprint density at radius 1 is 0.778 bits per heavy atom. The van der Waals surface area contributed by atoms with Crippen molar-refractivity contribution in [1.29, 1.82) is 0 Å². The van der Waals surface area contributed by atoms with Crippen LogP contribution < -0.4 is 10.4 Å². The van der Waals surface area contributed by atoms with E-state index >= 15 is 0 Å². The average molecular weight is 354 g/mol. The normalized spacial score (nSPS) is 11.5. The number of ether oxygens (including phenoxy) is 1. The molecule has 5 rings (SSSR count). The van der Waals surface area contributed by atoms with E-state index in [0.29, 0.717) is 5.75 Å². The molecule has 5 aromatic rings. The van der Waals surface area contributed by atoms with Crippen molar-refractivity contribution in [2.45, 2.75) is 0 Å². The van der Waals surface area contributed by atoms with Gasteiger partial charge in [0.2, 0.25) is 0 Å². The fourth-order valence-corrected chi connectivity index (χ4v) is 4.03. The quantitative estimate of drug-likeness (QED) is 0.464. The Labute approximate surface area is 155 Å². The molecule has 0 fully saturated rings. The lowest BCUT2D eigenvalue weighted by Crippen LogP contribution is -2.24. The first-order valence-corrected chi connectivity index (χ1v) is 8.86. The number of aryl methyl sites for hydroxylation is 1. The lowest BCUT2D eigenvalue weighted by Gasteiger charge is -2.10. The molecular weight excluding hydrogens is 336 g/mol. The van der Waals surface area contributed by atoms with Crippen LogP contribution in [0.4, 0.5) is 0 Å². The smallest absolute Gasteiger partial charge is 0.333 e. The van der Waals surface area contributed by atoms with Crippen LogP contribution >= 0.6 is 0 Å². The largest absolute Gasteiger partial charge is 0.495 e. The first kappa shape index (κ1) is 15.7. The minimum absolute atomic E-state index is 0.0830. The van der Waals surface area contributed by atoms with Crippen LogP contribution in [0.5, 0.6) is 5.75 Å². The molecule has 0 saturated carbocycles. The van der Waals surface area contributed by atoms with Crippen LogP contribution in [0.1, 0.15) is 0 Å². The Hall–Kier alpha value is -3.53. The number of methoxy groups -OCH3 is 1. The Balaban J connectivity index is 2.18. The van der Waals surface area contributed by atoms with Crippen molar-refractivity contribution in [2.75, 3.05) is 7.11 Å². The molecule has 4 nitrogen and oxygen atoms in total. The van der Waals surface area contributed by atoms with Crippen molar-refractivity contribution >= 4 is 27.3 Å². The lowest BCUT2D eigenvalue weighted by molar-refractivity contribution is 0.418. The van der Waals surface area contributed by atoms with Gasteiger partial charge in [0.1, 0.15) is 11.3 Å². The van der Waals surface area contributed by atoms with Crippen molar-refractivity contribution in [2.24, 2.45) is 7.05 Å². The second-order valence-corrected chi connectivity index (χ2v) is 6.64. The lowest BCUT2D eigenvalue weighted by atomic mass is 10.0. The molecule has 0 N–H and O–H groups in total. The van der Waals surface area contributed by atoms with E-state index < -0.39 is 0 Å². The van der Waals surface area contributed by atoms with Crippen LogP contribution in [-0.4, -0.2) is 16.1 Å². The van der Waals surface area contributed by atoms with Crippen molar-refractivity contribution in [1.82, 2.24) is 8.97 Å². The molecule has 0 amide bonds. The zero-order valence-electron chi connectivity index (χ0n) is 15.1. The van der Waals surface area contributed by atoms with Gasteiger partial charge in [-0.2, -0.15) is 0 Å². The van der Waals surface area contributed by atoms with Crippen molar-refractivity contribution < 1.29 is 4.74 Å². The first-order chi connectivity index (χ1) is 13.2. The van der Waals surface area contributed by atoms with Gasteiger partial charge in [-0.1, -0.05) is 60.7 Å². The number of aromatic nitrogens is 2. The average Bonchev–Trinajstić information content (AvgIpc) is 3.08. The van der Waals surface area contributed by atoms with E-state index in [1.54, 1.807) is 16.1 Å². The van der Waals surface area contributed by atoms with Gasteiger partial charge >= 0.3 is 5.69 Å². The van der Waals surface area contributed by atoms with E-state index in [9.17, 15) is 4.79 Å². The van der Waals surface area contributed by atoms with E-state index in [0.717, 1.165) is 38.4 Å². The molecule has 0 unspecified atom stereocenters. The summed E-state index contributed by atoms with van der Waals surface area (Å²) in [4.78, 5) is 13.3. The third-order valence-electron chi connectivity index (χ3n) is 5.23. The maximum Gasteiger partial charge on any atom is 0.333 e. The number of benzene rings is 3. The zero-order chi connectivity index (χ0) is 18.5. The molecule has 0 atom stereocenters. The van der Waals surface area contributed by atoms with E-state index in [-0.39, 0.29) is 5.69 Å². The summed E-state index contributed by atoms with van der Waals surface area (Å²) in [5.41, 5.74) is 4.68. The van der Waals surface area contributed by atoms with Gasteiger partial charge in [-0.25, -0.2) is 4.79 Å². The second kappa shape index (κ2) is 5.74. The summed E-state index contributed by atoms with van der Waals surface area (Å²) in [5.74, 6) is 0.692. The summed E-state index contributed by atoms with van der Waals surface area (Å²) in [7, 11) is 3.45. The monoisotopic (exact) mass is 354 g/mol. The number of para-hydroxylation sites is 2.